The van der Waals surface area contributed by atoms with E-state index in [1.165, 1.54) is 5.56 Å². The standard InChI is InChI=1S/C15H23N3O2/c1-12(16)15(19)17-10-13-3-2-4-14(9-13)11-18-5-7-20-8-6-18/h2-4,9,12H,5-8,10-11,16H2,1H3,(H,17,19). The summed E-state index contributed by atoms with van der Waals surface area (Å²) in [6, 6.07) is 7.84. The summed E-state index contributed by atoms with van der Waals surface area (Å²) in [5.41, 5.74) is 7.89. The van der Waals surface area contributed by atoms with Crippen LogP contribution in [0.4, 0.5) is 0 Å². The second kappa shape index (κ2) is 7.38. The van der Waals surface area contributed by atoms with Gasteiger partial charge in [-0.25, -0.2) is 0 Å². The molecule has 1 aliphatic rings. The number of benzene rings is 1. The van der Waals surface area contributed by atoms with E-state index in [4.69, 9.17) is 10.5 Å². The van der Waals surface area contributed by atoms with Crippen molar-refractivity contribution >= 4 is 5.91 Å². The number of morpholine rings is 1. The van der Waals surface area contributed by atoms with Crippen LogP contribution < -0.4 is 11.1 Å². The molecular weight excluding hydrogens is 254 g/mol. The molecule has 1 heterocycles. The molecule has 1 amide bonds. The lowest BCUT2D eigenvalue weighted by molar-refractivity contribution is -0.122. The van der Waals surface area contributed by atoms with E-state index in [1.807, 2.05) is 12.1 Å². The van der Waals surface area contributed by atoms with E-state index in [-0.39, 0.29) is 5.91 Å². The van der Waals surface area contributed by atoms with Crippen molar-refractivity contribution in [2.24, 2.45) is 5.73 Å². The molecule has 1 fully saturated rings. The van der Waals surface area contributed by atoms with Crippen LogP contribution in [0.15, 0.2) is 24.3 Å². The molecule has 110 valence electrons. The Balaban J connectivity index is 1.88. The van der Waals surface area contributed by atoms with Crippen molar-refractivity contribution in [2.75, 3.05) is 26.3 Å². The maximum absolute atomic E-state index is 11.5. The molecule has 0 bridgehead atoms. The van der Waals surface area contributed by atoms with E-state index in [1.54, 1.807) is 6.92 Å². The van der Waals surface area contributed by atoms with Gasteiger partial charge >= 0.3 is 0 Å². The number of rotatable bonds is 5. The number of hydrogen-bond acceptors (Lipinski definition) is 4. The molecule has 1 aromatic rings. The van der Waals surface area contributed by atoms with Crippen LogP contribution in [-0.4, -0.2) is 43.2 Å². The fraction of sp³-hybridized carbons (Fsp3) is 0.533. The summed E-state index contributed by atoms with van der Waals surface area (Å²) in [6.45, 7) is 6.71. The molecule has 1 saturated heterocycles. The molecule has 0 spiro atoms. The monoisotopic (exact) mass is 277 g/mol. The summed E-state index contributed by atoms with van der Waals surface area (Å²) in [6.07, 6.45) is 0. The van der Waals surface area contributed by atoms with Gasteiger partial charge in [0.25, 0.3) is 0 Å². The van der Waals surface area contributed by atoms with Gasteiger partial charge < -0.3 is 15.8 Å². The van der Waals surface area contributed by atoms with Gasteiger partial charge in [0.2, 0.25) is 5.91 Å². The van der Waals surface area contributed by atoms with Crippen molar-refractivity contribution in [3.8, 4) is 0 Å². The van der Waals surface area contributed by atoms with E-state index in [2.05, 4.69) is 22.3 Å². The van der Waals surface area contributed by atoms with Gasteiger partial charge in [0, 0.05) is 26.2 Å². The number of amides is 1. The maximum Gasteiger partial charge on any atom is 0.236 e. The van der Waals surface area contributed by atoms with Crippen molar-refractivity contribution in [3.05, 3.63) is 35.4 Å². The molecule has 0 radical (unpaired) electrons. The van der Waals surface area contributed by atoms with Gasteiger partial charge in [0.15, 0.2) is 0 Å². The third kappa shape index (κ3) is 4.59. The third-order valence-corrected chi connectivity index (χ3v) is 3.38. The number of hydrogen-bond donors (Lipinski definition) is 2. The lowest BCUT2D eigenvalue weighted by Crippen LogP contribution is -2.37. The van der Waals surface area contributed by atoms with Crippen LogP contribution in [0.5, 0.6) is 0 Å². The van der Waals surface area contributed by atoms with Crippen molar-refractivity contribution < 1.29 is 9.53 Å². The van der Waals surface area contributed by atoms with Gasteiger partial charge in [0.1, 0.15) is 0 Å². The number of carbonyl (C=O) groups is 1. The van der Waals surface area contributed by atoms with Gasteiger partial charge in [-0.2, -0.15) is 0 Å². The molecule has 0 aliphatic carbocycles. The number of carbonyl (C=O) groups excluding carboxylic acids is 1. The summed E-state index contributed by atoms with van der Waals surface area (Å²) >= 11 is 0. The van der Waals surface area contributed by atoms with E-state index in [9.17, 15) is 4.79 Å². The fourth-order valence-corrected chi connectivity index (χ4v) is 2.21. The quantitative estimate of drug-likeness (QED) is 0.821. The van der Waals surface area contributed by atoms with Crippen LogP contribution >= 0.6 is 0 Å². The summed E-state index contributed by atoms with van der Waals surface area (Å²) < 4.78 is 5.35. The lowest BCUT2D eigenvalue weighted by Gasteiger charge is -2.26. The Morgan fingerprint density at radius 3 is 2.80 bits per heavy atom. The predicted molar refractivity (Wildman–Crippen MR) is 78.0 cm³/mol. The highest BCUT2D eigenvalue weighted by Crippen LogP contribution is 2.10. The minimum Gasteiger partial charge on any atom is -0.379 e. The molecule has 5 nitrogen and oxygen atoms in total. The molecule has 1 unspecified atom stereocenters. The molecule has 3 N–H and O–H groups in total. The summed E-state index contributed by atoms with van der Waals surface area (Å²) in [5.74, 6) is -0.122. The molecule has 20 heavy (non-hydrogen) atoms. The average molecular weight is 277 g/mol. The van der Waals surface area contributed by atoms with E-state index in [0.29, 0.717) is 6.54 Å². The van der Waals surface area contributed by atoms with Gasteiger partial charge in [-0.1, -0.05) is 24.3 Å². The van der Waals surface area contributed by atoms with E-state index in [0.717, 1.165) is 38.4 Å². The molecule has 0 saturated carbocycles. The Morgan fingerprint density at radius 2 is 2.10 bits per heavy atom. The van der Waals surface area contributed by atoms with Crippen LogP contribution in [0.1, 0.15) is 18.1 Å². The Kier molecular flexibility index (Phi) is 5.52. The smallest absolute Gasteiger partial charge is 0.236 e. The molecule has 2 rings (SSSR count). The lowest BCUT2D eigenvalue weighted by atomic mass is 10.1. The van der Waals surface area contributed by atoms with Crippen LogP contribution in [0, 0.1) is 0 Å². The highest BCUT2D eigenvalue weighted by Gasteiger charge is 2.11. The molecular formula is C15H23N3O2. The van der Waals surface area contributed by atoms with Gasteiger partial charge in [-0.15, -0.1) is 0 Å². The van der Waals surface area contributed by atoms with Gasteiger partial charge in [-0.3, -0.25) is 9.69 Å². The Hall–Kier alpha value is -1.43. The minimum atomic E-state index is -0.466. The first-order valence-electron chi connectivity index (χ1n) is 7.06. The van der Waals surface area contributed by atoms with E-state index < -0.39 is 6.04 Å². The molecule has 1 aliphatic heterocycles. The predicted octanol–water partition coefficient (Wildman–Crippen LogP) is 0.482. The van der Waals surface area contributed by atoms with Gasteiger partial charge in [0.05, 0.1) is 19.3 Å². The second-order valence-corrected chi connectivity index (χ2v) is 5.21. The SMILES string of the molecule is CC(N)C(=O)NCc1cccc(CN2CCOCC2)c1. The number of nitrogens with two attached hydrogens (primary N) is 1. The summed E-state index contributed by atoms with van der Waals surface area (Å²) in [7, 11) is 0. The Morgan fingerprint density at radius 1 is 1.40 bits per heavy atom. The molecule has 1 aromatic carbocycles. The zero-order valence-electron chi connectivity index (χ0n) is 12.0. The van der Waals surface area contributed by atoms with Crippen molar-refractivity contribution in [2.45, 2.75) is 26.1 Å². The Labute approximate surface area is 120 Å². The number of ether oxygens (including phenoxy) is 1. The normalized spacial score (nSPS) is 17.7. The molecule has 0 aromatic heterocycles. The summed E-state index contributed by atoms with van der Waals surface area (Å²) in [4.78, 5) is 13.8. The van der Waals surface area contributed by atoms with Crippen molar-refractivity contribution in [3.63, 3.8) is 0 Å². The topological polar surface area (TPSA) is 67.6 Å². The van der Waals surface area contributed by atoms with Crippen molar-refractivity contribution in [1.29, 1.82) is 0 Å². The zero-order valence-corrected chi connectivity index (χ0v) is 12.0. The summed E-state index contributed by atoms with van der Waals surface area (Å²) in [5, 5.41) is 2.83. The zero-order chi connectivity index (χ0) is 14.4. The maximum atomic E-state index is 11.5. The number of nitrogens with one attached hydrogen (secondary N) is 1. The van der Waals surface area contributed by atoms with Crippen LogP contribution in [0.25, 0.3) is 0 Å². The fourth-order valence-electron chi connectivity index (χ4n) is 2.21. The third-order valence-electron chi connectivity index (χ3n) is 3.38. The van der Waals surface area contributed by atoms with Crippen molar-refractivity contribution in [1.82, 2.24) is 10.2 Å². The minimum absolute atomic E-state index is 0.122. The van der Waals surface area contributed by atoms with Gasteiger partial charge in [-0.05, 0) is 18.1 Å². The molecule has 5 heteroatoms. The number of nitrogens with zero attached hydrogens (tertiary/aromatic N) is 1. The first-order chi connectivity index (χ1) is 9.65. The highest BCUT2D eigenvalue weighted by atomic mass is 16.5. The highest BCUT2D eigenvalue weighted by molar-refractivity contribution is 5.80. The average Bonchev–Trinajstić information content (AvgIpc) is 2.46. The van der Waals surface area contributed by atoms with Crippen LogP contribution in [0.3, 0.4) is 0 Å². The first-order valence-corrected chi connectivity index (χ1v) is 7.06. The van der Waals surface area contributed by atoms with Crippen LogP contribution in [0.2, 0.25) is 0 Å². The molecule has 1 atom stereocenters. The second-order valence-electron chi connectivity index (χ2n) is 5.21. The Bertz CT molecular complexity index is 442. The largest absolute Gasteiger partial charge is 0.379 e. The van der Waals surface area contributed by atoms with E-state index >= 15 is 0 Å². The first kappa shape index (κ1) is 15.0. The van der Waals surface area contributed by atoms with Crippen LogP contribution in [-0.2, 0) is 22.6 Å².